The van der Waals surface area contributed by atoms with E-state index in [-0.39, 0.29) is 0 Å². The maximum Gasteiger partial charge on any atom is 0.0540 e. The predicted octanol–water partition coefficient (Wildman–Crippen LogP) is 1.53. The molecule has 3 heteroatoms. The van der Waals surface area contributed by atoms with E-state index in [0.717, 1.165) is 26.1 Å². The highest BCUT2D eigenvalue weighted by Crippen LogP contribution is 2.15. The third-order valence-corrected chi connectivity index (χ3v) is 2.14. The van der Waals surface area contributed by atoms with Crippen LogP contribution in [0.15, 0.2) is 16.9 Å². The average Bonchev–Trinajstić information content (AvgIpc) is 2.21. The number of allylic oxidation sites excluding steroid dienone is 1. The first-order chi connectivity index (χ1) is 6.36. The molecule has 2 rings (SSSR count). The lowest BCUT2D eigenvalue weighted by Gasteiger charge is -2.34. The fraction of sp³-hybridized carbons (Fsp3) is 0.700. The Labute approximate surface area is 80.7 Å². The largest absolute Gasteiger partial charge is 0.299 e. The molecule has 1 fully saturated rings. The van der Waals surface area contributed by atoms with Crippen molar-refractivity contribution in [2.24, 2.45) is 5.10 Å². The zero-order valence-electron chi connectivity index (χ0n) is 8.82. The van der Waals surface area contributed by atoms with E-state index < -0.39 is 0 Å². The molecule has 0 spiro atoms. The number of nitrogens with zero attached hydrogens (tertiary/aromatic N) is 3. The predicted molar refractivity (Wildman–Crippen MR) is 56.7 cm³/mol. The zero-order chi connectivity index (χ0) is 9.68. The molecule has 0 bridgehead atoms. The Morgan fingerprint density at radius 3 is 2.85 bits per heavy atom. The molecule has 0 aromatic rings. The van der Waals surface area contributed by atoms with Gasteiger partial charge in [0.25, 0.3) is 0 Å². The molecule has 2 aliphatic heterocycles. The number of piperazine rings is 1. The van der Waals surface area contributed by atoms with Crippen LogP contribution < -0.4 is 0 Å². The molecular formula is C10H19N3. The third kappa shape index (κ3) is 2.56. The molecule has 0 amide bonds. The van der Waals surface area contributed by atoms with E-state index in [1.807, 2.05) is 20.1 Å². The quantitative estimate of drug-likeness (QED) is 0.564. The summed E-state index contributed by atoms with van der Waals surface area (Å²) in [7, 11) is 2.15. The molecule has 0 atom stereocenters. The molecule has 0 unspecified atom stereocenters. The second-order valence-electron chi connectivity index (χ2n) is 3.09. The van der Waals surface area contributed by atoms with Crippen LogP contribution in [-0.4, -0.2) is 42.8 Å². The van der Waals surface area contributed by atoms with E-state index in [9.17, 15) is 0 Å². The van der Waals surface area contributed by atoms with Gasteiger partial charge in [-0.1, -0.05) is 19.9 Å². The van der Waals surface area contributed by atoms with Gasteiger partial charge in [-0.25, -0.2) is 0 Å². The van der Waals surface area contributed by atoms with Crippen molar-refractivity contribution in [3.05, 3.63) is 11.8 Å². The summed E-state index contributed by atoms with van der Waals surface area (Å²) < 4.78 is 0. The van der Waals surface area contributed by atoms with E-state index in [0.29, 0.717) is 0 Å². The first kappa shape index (κ1) is 10.3. The van der Waals surface area contributed by atoms with Crippen molar-refractivity contribution in [3.8, 4) is 0 Å². The minimum atomic E-state index is 1.000. The van der Waals surface area contributed by atoms with E-state index in [1.54, 1.807) is 0 Å². The van der Waals surface area contributed by atoms with Crippen LogP contribution in [0.25, 0.3) is 0 Å². The van der Waals surface area contributed by atoms with Crippen molar-refractivity contribution < 1.29 is 0 Å². The average molecular weight is 181 g/mol. The first-order valence-electron chi connectivity index (χ1n) is 5.04. The summed E-state index contributed by atoms with van der Waals surface area (Å²) >= 11 is 0. The molecule has 2 heterocycles. The van der Waals surface area contributed by atoms with Crippen molar-refractivity contribution in [3.63, 3.8) is 0 Å². The molecule has 74 valence electrons. The molecular weight excluding hydrogens is 162 g/mol. The van der Waals surface area contributed by atoms with Crippen molar-refractivity contribution in [1.29, 1.82) is 0 Å². The van der Waals surface area contributed by atoms with Gasteiger partial charge in [0.05, 0.1) is 6.54 Å². The fourth-order valence-corrected chi connectivity index (χ4v) is 1.48. The Morgan fingerprint density at radius 1 is 1.31 bits per heavy atom. The number of fused-ring (bicyclic) bond motifs is 1. The molecule has 0 saturated carbocycles. The van der Waals surface area contributed by atoms with Crippen LogP contribution in [0.1, 0.15) is 20.3 Å². The summed E-state index contributed by atoms with van der Waals surface area (Å²) in [5, 5.41) is 6.40. The normalized spacial score (nSPS) is 21.5. The monoisotopic (exact) mass is 181 g/mol. The molecule has 0 N–H and O–H groups in total. The van der Waals surface area contributed by atoms with Gasteiger partial charge in [0.2, 0.25) is 0 Å². The molecule has 0 aromatic carbocycles. The second kappa shape index (κ2) is 5.02. The van der Waals surface area contributed by atoms with Crippen LogP contribution >= 0.6 is 0 Å². The van der Waals surface area contributed by atoms with Gasteiger partial charge < -0.3 is 0 Å². The lowest BCUT2D eigenvalue weighted by Crippen LogP contribution is -2.41. The summed E-state index contributed by atoms with van der Waals surface area (Å²) in [4.78, 5) is 2.32. The van der Waals surface area contributed by atoms with Crippen molar-refractivity contribution in [1.82, 2.24) is 9.91 Å². The van der Waals surface area contributed by atoms with Crippen molar-refractivity contribution in [2.45, 2.75) is 20.3 Å². The van der Waals surface area contributed by atoms with Gasteiger partial charge >= 0.3 is 0 Å². The van der Waals surface area contributed by atoms with Gasteiger partial charge in [-0.2, -0.15) is 5.10 Å². The molecule has 2 aliphatic rings. The standard InChI is InChI=1S/C8H13N3.C2H6/c1-10-5-6-11-8(7-10)3-2-4-9-11;1-2/h3-4H,2,5-7H2,1H3;1-2H3. The maximum atomic E-state index is 4.30. The van der Waals surface area contributed by atoms with E-state index in [2.05, 4.69) is 28.1 Å². The van der Waals surface area contributed by atoms with Crippen LogP contribution in [-0.2, 0) is 0 Å². The summed E-state index contributed by atoms with van der Waals surface area (Å²) in [5.41, 5.74) is 1.36. The Kier molecular flexibility index (Phi) is 3.96. The lowest BCUT2D eigenvalue weighted by atomic mass is 10.2. The smallest absolute Gasteiger partial charge is 0.0540 e. The number of likely N-dealkylation sites (N-methyl/N-ethyl adjacent to an activating group) is 1. The van der Waals surface area contributed by atoms with E-state index >= 15 is 0 Å². The van der Waals surface area contributed by atoms with Crippen LogP contribution in [0.3, 0.4) is 0 Å². The number of rotatable bonds is 0. The van der Waals surface area contributed by atoms with Gasteiger partial charge in [0, 0.05) is 31.4 Å². The summed E-state index contributed by atoms with van der Waals surface area (Å²) in [6, 6.07) is 0. The van der Waals surface area contributed by atoms with Gasteiger partial charge in [0.1, 0.15) is 0 Å². The van der Waals surface area contributed by atoms with Gasteiger partial charge in [0.15, 0.2) is 0 Å². The molecule has 0 aromatic heterocycles. The van der Waals surface area contributed by atoms with Crippen LogP contribution in [0.5, 0.6) is 0 Å². The van der Waals surface area contributed by atoms with Gasteiger partial charge in [-0.15, -0.1) is 0 Å². The summed E-state index contributed by atoms with van der Waals surface area (Å²) in [5.74, 6) is 0. The molecule has 3 nitrogen and oxygen atoms in total. The Bertz CT molecular complexity index is 208. The number of hydrogen-bond acceptors (Lipinski definition) is 3. The second-order valence-corrected chi connectivity index (χ2v) is 3.09. The van der Waals surface area contributed by atoms with Crippen LogP contribution in [0, 0.1) is 0 Å². The van der Waals surface area contributed by atoms with Gasteiger partial charge in [-0.05, 0) is 7.05 Å². The van der Waals surface area contributed by atoms with E-state index in [1.165, 1.54) is 5.70 Å². The molecule has 0 aliphatic carbocycles. The molecule has 13 heavy (non-hydrogen) atoms. The highest BCUT2D eigenvalue weighted by atomic mass is 15.5. The minimum Gasteiger partial charge on any atom is -0.299 e. The maximum absolute atomic E-state index is 4.30. The highest BCUT2D eigenvalue weighted by molar-refractivity contribution is 5.60. The molecule has 0 radical (unpaired) electrons. The topological polar surface area (TPSA) is 18.8 Å². The fourth-order valence-electron chi connectivity index (χ4n) is 1.48. The first-order valence-corrected chi connectivity index (χ1v) is 5.04. The number of hydrazone groups is 1. The van der Waals surface area contributed by atoms with E-state index in [4.69, 9.17) is 0 Å². The van der Waals surface area contributed by atoms with Crippen LogP contribution in [0.2, 0.25) is 0 Å². The highest BCUT2D eigenvalue weighted by Gasteiger charge is 2.18. The molecule has 1 saturated heterocycles. The Balaban J connectivity index is 0.000000396. The lowest BCUT2D eigenvalue weighted by molar-refractivity contribution is 0.206. The summed E-state index contributed by atoms with van der Waals surface area (Å²) in [6.45, 7) is 7.21. The van der Waals surface area contributed by atoms with Crippen molar-refractivity contribution in [2.75, 3.05) is 26.7 Å². The number of hydrogen-bond donors (Lipinski definition) is 0. The van der Waals surface area contributed by atoms with Gasteiger partial charge in [-0.3, -0.25) is 9.91 Å². The Hall–Kier alpha value is -0.830. The third-order valence-electron chi connectivity index (χ3n) is 2.14. The van der Waals surface area contributed by atoms with Crippen LogP contribution in [0.4, 0.5) is 0 Å². The Morgan fingerprint density at radius 2 is 2.08 bits per heavy atom. The van der Waals surface area contributed by atoms with Crippen molar-refractivity contribution >= 4 is 6.21 Å². The summed E-state index contributed by atoms with van der Waals surface area (Å²) in [6.07, 6.45) is 5.22. The zero-order valence-corrected chi connectivity index (χ0v) is 8.82. The minimum absolute atomic E-state index is 1.000. The SMILES string of the molecule is CC.CN1CCN2N=CCC=C2C1.